The maximum Gasteiger partial charge on any atom is 0.225 e. The Bertz CT molecular complexity index is 542. The topological polar surface area (TPSA) is 64.3 Å². The number of carbonyl (C=O) groups is 1. The van der Waals surface area contributed by atoms with Gasteiger partial charge in [0.1, 0.15) is 0 Å². The van der Waals surface area contributed by atoms with Crippen LogP contribution >= 0.6 is 0 Å². The summed E-state index contributed by atoms with van der Waals surface area (Å²) in [6, 6.07) is 9.36. The summed E-state index contributed by atoms with van der Waals surface area (Å²) in [6.45, 7) is 0.463. The van der Waals surface area contributed by atoms with Crippen molar-refractivity contribution in [3.05, 3.63) is 35.4 Å². The molecule has 1 saturated carbocycles. The van der Waals surface area contributed by atoms with Crippen LogP contribution in [0.2, 0.25) is 0 Å². The molecule has 1 aliphatic carbocycles. The minimum Gasteiger partial charge on any atom is -0.389 e. The fourth-order valence-corrected chi connectivity index (χ4v) is 2.90. The van der Waals surface area contributed by atoms with Gasteiger partial charge in [-0.1, -0.05) is 31.4 Å². The summed E-state index contributed by atoms with van der Waals surface area (Å²) in [5.74, 6) is -0.0400. The highest BCUT2D eigenvalue weighted by Crippen LogP contribution is 2.31. The molecule has 0 radical (unpaired) electrons. The van der Waals surface area contributed by atoms with Crippen LogP contribution in [-0.2, 0) is 11.3 Å². The smallest absolute Gasteiger partial charge is 0.225 e. The van der Waals surface area contributed by atoms with Crippen LogP contribution in [0.5, 0.6) is 0 Å². The Kier molecular flexibility index (Phi) is 4.98. The van der Waals surface area contributed by atoms with Crippen molar-refractivity contribution in [3.63, 3.8) is 0 Å². The molecule has 1 fully saturated rings. The van der Waals surface area contributed by atoms with Crippen molar-refractivity contribution in [1.29, 1.82) is 5.26 Å². The molecule has 1 aliphatic rings. The van der Waals surface area contributed by atoms with Gasteiger partial charge in [0.05, 0.1) is 23.7 Å². The fraction of sp³-hybridized carbons (Fsp3) is 0.529. The van der Waals surface area contributed by atoms with Gasteiger partial charge >= 0.3 is 0 Å². The zero-order valence-corrected chi connectivity index (χ0v) is 12.5. The Morgan fingerprint density at radius 3 is 2.76 bits per heavy atom. The van der Waals surface area contributed by atoms with Gasteiger partial charge in [-0.3, -0.25) is 4.79 Å². The van der Waals surface area contributed by atoms with E-state index in [1.165, 1.54) is 0 Å². The molecule has 1 N–H and O–H groups in total. The number of rotatable bonds is 4. The lowest BCUT2D eigenvalue weighted by molar-refractivity contribution is -0.137. The lowest BCUT2D eigenvalue weighted by Crippen LogP contribution is -2.39. The lowest BCUT2D eigenvalue weighted by Gasteiger charge is -2.32. The van der Waals surface area contributed by atoms with Crippen molar-refractivity contribution in [3.8, 4) is 6.07 Å². The van der Waals surface area contributed by atoms with Gasteiger partial charge in [0.15, 0.2) is 0 Å². The molecule has 112 valence electrons. The zero-order valence-electron chi connectivity index (χ0n) is 12.5. The standard InChI is InChI=1S/C17H22N2O2/c1-19(13-15-7-5-6-14(10-15)12-18)16(20)11-17(21)8-3-2-4-9-17/h5-7,10,21H,2-4,8-9,11,13H2,1H3. The Balaban J connectivity index is 1.94. The third-order valence-corrected chi connectivity index (χ3v) is 4.17. The number of carbonyl (C=O) groups excluding carboxylic acids is 1. The van der Waals surface area contributed by atoms with Gasteiger partial charge in [-0.05, 0) is 30.5 Å². The summed E-state index contributed by atoms with van der Waals surface area (Å²) in [6.07, 6.45) is 4.77. The molecule has 0 aromatic heterocycles. The first-order valence-electron chi connectivity index (χ1n) is 7.48. The van der Waals surface area contributed by atoms with Crippen LogP contribution in [0.3, 0.4) is 0 Å². The summed E-state index contributed by atoms with van der Waals surface area (Å²) in [7, 11) is 1.74. The minimum atomic E-state index is -0.821. The molecular formula is C17H22N2O2. The highest BCUT2D eigenvalue weighted by molar-refractivity contribution is 5.77. The SMILES string of the molecule is CN(Cc1cccc(C#N)c1)C(=O)CC1(O)CCCCC1. The Labute approximate surface area is 126 Å². The summed E-state index contributed by atoms with van der Waals surface area (Å²) < 4.78 is 0. The normalized spacial score (nSPS) is 17.0. The number of amides is 1. The average molecular weight is 286 g/mol. The van der Waals surface area contributed by atoms with E-state index in [1.54, 1.807) is 24.1 Å². The van der Waals surface area contributed by atoms with Crippen molar-refractivity contribution < 1.29 is 9.90 Å². The van der Waals surface area contributed by atoms with E-state index < -0.39 is 5.60 Å². The van der Waals surface area contributed by atoms with E-state index in [9.17, 15) is 9.90 Å². The number of nitriles is 1. The number of hydrogen-bond donors (Lipinski definition) is 1. The molecule has 0 bridgehead atoms. The maximum atomic E-state index is 12.3. The summed E-state index contributed by atoms with van der Waals surface area (Å²) in [5, 5.41) is 19.3. The van der Waals surface area contributed by atoms with E-state index in [-0.39, 0.29) is 12.3 Å². The average Bonchev–Trinajstić information content (AvgIpc) is 2.47. The molecule has 4 nitrogen and oxygen atoms in total. The number of nitrogens with zero attached hydrogens (tertiary/aromatic N) is 2. The zero-order chi connectivity index (χ0) is 15.3. The number of aliphatic hydroxyl groups is 1. The van der Waals surface area contributed by atoms with Gasteiger partial charge in [0.25, 0.3) is 0 Å². The van der Waals surface area contributed by atoms with E-state index in [0.29, 0.717) is 12.1 Å². The number of benzene rings is 1. The third-order valence-electron chi connectivity index (χ3n) is 4.17. The first-order chi connectivity index (χ1) is 10.0. The summed E-state index contributed by atoms with van der Waals surface area (Å²) in [4.78, 5) is 13.9. The van der Waals surface area contributed by atoms with E-state index in [4.69, 9.17) is 5.26 Å². The predicted octanol–water partition coefficient (Wildman–Crippen LogP) is 2.60. The molecule has 0 saturated heterocycles. The molecule has 2 rings (SSSR count). The highest BCUT2D eigenvalue weighted by Gasteiger charge is 2.32. The van der Waals surface area contributed by atoms with Gasteiger partial charge in [-0.2, -0.15) is 5.26 Å². The summed E-state index contributed by atoms with van der Waals surface area (Å²) >= 11 is 0. The Hall–Kier alpha value is -1.86. The van der Waals surface area contributed by atoms with E-state index in [1.807, 2.05) is 12.1 Å². The van der Waals surface area contributed by atoms with Crippen LogP contribution in [0.15, 0.2) is 24.3 Å². The van der Waals surface area contributed by atoms with E-state index in [0.717, 1.165) is 37.7 Å². The minimum absolute atomic E-state index is 0.0400. The maximum absolute atomic E-state index is 12.3. The second-order valence-corrected chi connectivity index (χ2v) is 6.02. The third kappa shape index (κ3) is 4.30. The molecule has 1 aromatic carbocycles. The van der Waals surface area contributed by atoms with Gasteiger partial charge < -0.3 is 10.0 Å². The van der Waals surface area contributed by atoms with E-state index >= 15 is 0 Å². The molecule has 1 amide bonds. The first kappa shape index (κ1) is 15.5. The lowest BCUT2D eigenvalue weighted by atomic mass is 9.82. The molecule has 0 spiro atoms. The van der Waals surface area contributed by atoms with Crippen LogP contribution in [0.1, 0.15) is 49.7 Å². The van der Waals surface area contributed by atoms with Crippen molar-refractivity contribution >= 4 is 5.91 Å². The second kappa shape index (κ2) is 6.73. The number of hydrogen-bond acceptors (Lipinski definition) is 3. The van der Waals surface area contributed by atoms with Crippen molar-refractivity contribution in [1.82, 2.24) is 4.90 Å². The quantitative estimate of drug-likeness (QED) is 0.925. The van der Waals surface area contributed by atoms with Crippen molar-refractivity contribution in [2.24, 2.45) is 0 Å². The molecule has 21 heavy (non-hydrogen) atoms. The molecule has 4 heteroatoms. The summed E-state index contributed by atoms with van der Waals surface area (Å²) in [5.41, 5.74) is 0.706. The fourth-order valence-electron chi connectivity index (χ4n) is 2.90. The first-order valence-corrected chi connectivity index (χ1v) is 7.48. The van der Waals surface area contributed by atoms with Gasteiger partial charge in [-0.15, -0.1) is 0 Å². The van der Waals surface area contributed by atoms with Crippen LogP contribution in [0, 0.1) is 11.3 Å². The Morgan fingerprint density at radius 2 is 2.10 bits per heavy atom. The van der Waals surface area contributed by atoms with Crippen LogP contribution < -0.4 is 0 Å². The predicted molar refractivity (Wildman–Crippen MR) is 80.3 cm³/mol. The second-order valence-electron chi connectivity index (χ2n) is 6.02. The van der Waals surface area contributed by atoms with Gasteiger partial charge in [-0.25, -0.2) is 0 Å². The van der Waals surface area contributed by atoms with Gasteiger partial charge in [0, 0.05) is 13.6 Å². The van der Waals surface area contributed by atoms with E-state index in [2.05, 4.69) is 6.07 Å². The van der Waals surface area contributed by atoms with Crippen molar-refractivity contribution in [2.45, 2.75) is 50.7 Å². The van der Waals surface area contributed by atoms with Crippen molar-refractivity contribution in [2.75, 3.05) is 7.05 Å². The van der Waals surface area contributed by atoms with Crippen LogP contribution in [0.25, 0.3) is 0 Å². The Morgan fingerprint density at radius 1 is 1.38 bits per heavy atom. The monoisotopic (exact) mass is 286 g/mol. The molecule has 0 atom stereocenters. The molecule has 0 unspecified atom stereocenters. The van der Waals surface area contributed by atoms with Gasteiger partial charge in [0.2, 0.25) is 5.91 Å². The largest absolute Gasteiger partial charge is 0.389 e. The molecule has 1 aromatic rings. The molecule has 0 aliphatic heterocycles. The van der Waals surface area contributed by atoms with Crippen LogP contribution in [-0.4, -0.2) is 28.6 Å². The highest BCUT2D eigenvalue weighted by atomic mass is 16.3. The molecular weight excluding hydrogens is 264 g/mol. The van der Waals surface area contributed by atoms with Crippen LogP contribution in [0.4, 0.5) is 0 Å². The molecule has 0 heterocycles.